The molecule has 0 aliphatic rings. The molecule has 2 nitrogen and oxygen atoms in total. The van der Waals surface area contributed by atoms with Gasteiger partial charge >= 0.3 is 0 Å². The molecule has 0 radical (unpaired) electrons. The predicted molar refractivity (Wildman–Crippen MR) is 140 cm³/mol. The molecule has 0 bridgehead atoms. The Kier molecular flexibility index (Phi) is 35.2. The van der Waals surface area contributed by atoms with Crippen molar-refractivity contribution >= 4 is 0 Å². The summed E-state index contributed by atoms with van der Waals surface area (Å²) in [5.74, 6) is 0. The largest absolute Gasteiger partial charge is 1.00 e. The van der Waals surface area contributed by atoms with Crippen LogP contribution in [0.15, 0.2) is 0 Å². The summed E-state index contributed by atoms with van der Waals surface area (Å²) in [4.78, 5) is 0. The highest BCUT2D eigenvalue weighted by Crippen LogP contribution is 2.16. The maximum absolute atomic E-state index is 2.33. The van der Waals surface area contributed by atoms with Crippen molar-refractivity contribution in [3.8, 4) is 0 Å². The van der Waals surface area contributed by atoms with Crippen LogP contribution in [0.4, 0.5) is 0 Å². The second-order valence-corrected chi connectivity index (χ2v) is 9.89. The lowest BCUT2D eigenvalue weighted by atomic mass is 10.1. The molecule has 0 saturated heterocycles. The lowest BCUT2D eigenvalue weighted by Gasteiger charge is -2.39. The number of unbranched alkanes of at least 4 members (excludes halogenated alkanes) is 4. The number of rotatable bonds is 20. The van der Waals surface area contributed by atoms with Crippen LogP contribution in [-0.2, 0) is 0 Å². The zero-order valence-corrected chi connectivity index (χ0v) is 27.0. The number of halogens is 2. The fourth-order valence-electron chi connectivity index (χ4n) is 5.21. The quantitative estimate of drug-likeness (QED) is 0.192. The van der Waals surface area contributed by atoms with E-state index in [9.17, 15) is 0 Å². The van der Waals surface area contributed by atoms with Gasteiger partial charge < -0.3 is 42.9 Å². The first-order valence-corrected chi connectivity index (χ1v) is 14.2. The van der Waals surface area contributed by atoms with Crippen LogP contribution in [0.2, 0.25) is 0 Å². The standard InChI is InChI=1S/C16H36N.C12H28N.2BrH/c1-5-9-13-17(14-10-6-2,15-11-7-3)16-12-8-4;1-5-9-13(10-6-2,11-7-3)12-8-4;;/h5-16H2,1-4H3;5-12H2,1-4H3;2*1H/q2*+1;;/p-2. The van der Waals surface area contributed by atoms with Gasteiger partial charge in [-0.05, 0) is 51.4 Å². The molecule has 0 aliphatic carbocycles. The first-order valence-electron chi connectivity index (χ1n) is 14.2. The van der Waals surface area contributed by atoms with Crippen LogP contribution in [0.5, 0.6) is 0 Å². The first kappa shape index (κ1) is 40.1. The van der Waals surface area contributed by atoms with E-state index in [0.29, 0.717) is 0 Å². The molecule has 200 valence electrons. The third-order valence-electron chi connectivity index (χ3n) is 6.74. The second kappa shape index (κ2) is 28.1. The van der Waals surface area contributed by atoms with Crippen molar-refractivity contribution < 1.29 is 42.9 Å². The molecule has 0 fully saturated rings. The molecule has 0 atom stereocenters. The third-order valence-corrected chi connectivity index (χ3v) is 6.74. The van der Waals surface area contributed by atoms with Crippen LogP contribution in [-0.4, -0.2) is 61.3 Å². The molecule has 0 aromatic heterocycles. The van der Waals surface area contributed by atoms with E-state index in [1.807, 2.05) is 0 Å². The van der Waals surface area contributed by atoms with E-state index in [-0.39, 0.29) is 34.0 Å². The van der Waals surface area contributed by atoms with Crippen LogP contribution in [0.3, 0.4) is 0 Å². The average molecular weight is 589 g/mol. The minimum absolute atomic E-state index is 0. The van der Waals surface area contributed by atoms with Crippen molar-refractivity contribution in [1.29, 1.82) is 0 Å². The van der Waals surface area contributed by atoms with Gasteiger partial charge in [-0.25, -0.2) is 0 Å². The van der Waals surface area contributed by atoms with Gasteiger partial charge in [0, 0.05) is 0 Å². The lowest BCUT2D eigenvalue weighted by Crippen LogP contribution is -3.00. The molecule has 4 heteroatoms. The summed E-state index contributed by atoms with van der Waals surface area (Å²) >= 11 is 0. The van der Waals surface area contributed by atoms with Crippen molar-refractivity contribution in [2.75, 3.05) is 52.4 Å². The second-order valence-electron chi connectivity index (χ2n) is 9.89. The molecule has 0 amide bonds. The van der Waals surface area contributed by atoms with Crippen LogP contribution in [0, 0.1) is 0 Å². The van der Waals surface area contributed by atoms with Crippen molar-refractivity contribution in [3.05, 3.63) is 0 Å². The summed E-state index contributed by atoms with van der Waals surface area (Å²) in [7, 11) is 0. The Morgan fingerprint density at radius 1 is 0.281 bits per heavy atom. The molecule has 0 spiro atoms. The van der Waals surface area contributed by atoms with E-state index in [1.54, 1.807) is 0 Å². The molecule has 0 saturated carbocycles. The van der Waals surface area contributed by atoms with E-state index >= 15 is 0 Å². The highest BCUT2D eigenvalue weighted by atomic mass is 79.9. The maximum atomic E-state index is 2.33. The third kappa shape index (κ3) is 20.3. The maximum Gasteiger partial charge on any atom is 0.0786 e. The Hall–Kier alpha value is 0.880. The smallest absolute Gasteiger partial charge is 0.0786 e. The van der Waals surface area contributed by atoms with Gasteiger partial charge in [0.15, 0.2) is 0 Å². The molecule has 0 unspecified atom stereocenters. The Labute approximate surface area is 227 Å². The van der Waals surface area contributed by atoms with Gasteiger partial charge in [-0.2, -0.15) is 0 Å². The Morgan fingerprint density at radius 2 is 0.469 bits per heavy atom. The Bertz CT molecular complexity index is 270. The van der Waals surface area contributed by atoms with Gasteiger partial charge in [0.05, 0.1) is 52.4 Å². The summed E-state index contributed by atoms with van der Waals surface area (Å²) < 4.78 is 2.80. The van der Waals surface area contributed by atoms with E-state index in [4.69, 9.17) is 0 Å². The normalized spacial score (nSPS) is 11.2. The Morgan fingerprint density at radius 3 is 0.625 bits per heavy atom. The van der Waals surface area contributed by atoms with Crippen LogP contribution in [0.1, 0.15) is 132 Å². The fourth-order valence-corrected chi connectivity index (χ4v) is 5.21. The highest BCUT2D eigenvalue weighted by molar-refractivity contribution is 4.49. The minimum Gasteiger partial charge on any atom is -1.00 e. The molecular weight excluding hydrogens is 524 g/mol. The topological polar surface area (TPSA) is 0 Å². The van der Waals surface area contributed by atoms with Crippen LogP contribution >= 0.6 is 0 Å². The highest BCUT2D eigenvalue weighted by Gasteiger charge is 2.25. The average Bonchev–Trinajstić information content (AvgIpc) is 2.74. The zero-order valence-electron chi connectivity index (χ0n) is 23.8. The van der Waals surface area contributed by atoms with Crippen LogP contribution in [0.25, 0.3) is 0 Å². The SMILES string of the molecule is CCCC[N+](CCCC)(CCCC)CCCC.CCC[N+](CCC)(CCC)CCC.[Br-].[Br-]. The van der Waals surface area contributed by atoms with Gasteiger partial charge in [-0.1, -0.05) is 81.1 Å². The summed E-state index contributed by atoms with van der Waals surface area (Å²) in [5.41, 5.74) is 0. The predicted octanol–water partition coefficient (Wildman–Crippen LogP) is 2.45. The fraction of sp³-hybridized carbons (Fsp3) is 1.00. The monoisotopic (exact) mass is 586 g/mol. The number of nitrogens with zero attached hydrogens (tertiary/aromatic N) is 2. The molecule has 0 heterocycles. The van der Waals surface area contributed by atoms with E-state index in [2.05, 4.69) is 55.4 Å². The lowest BCUT2D eigenvalue weighted by molar-refractivity contribution is -0.929. The van der Waals surface area contributed by atoms with Gasteiger partial charge in [-0.15, -0.1) is 0 Å². The summed E-state index contributed by atoms with van der Waals surface area (Å²) in [5, 5.41) is 0. The van der Waals surface area contributed by atoms with Crippen molar-refractivity contribution in [2.24, 2.45) is 0 Å². The minimum atomic E-state index is 0. The zero-order chi connectivity index (χ0) is 23.1. The van der Waals surface area contributed by atoms with Crippen molar-refractivity contribution in [1.82, 2.24) is 0 Å². The van der Waals surface area contributed by atoms with E-state index in [0.717, 1.165) is 0 Å². The van der Waals surface area contributed by atoms with Gasteiger partial charge in [0.1, 0.15) is 0 Å². The Balaban J connectivity index is -0.000000238. The molecular formula is C28H64Br2N2. The number of quaternary nitrogens is 2. The molecule has 0 rings (SSSR count). The molecule has 0 aromatic carbocycles. The number of hydrogen-bond acceptors (Lipinski definition) is 0. The molecule has 32 heavy (non-hydrogen) atoms. The van der Waals surface area contributed by atoms with E-state index < -0.39 is 0 Å². The van der Waals surface area contributed by atoms with Crippen molar-refractivity contribution in [3.63, 3.8) is 0 Å². The van der Waals surface area contributed by atoms with E-state index in [1.165, 1.54) is 138 Å². The van der Waals surface area contributed by atoms with Crippen molar-refractivity contribution in [2.45, 2.75) is 132 Å². The van der Waals surface area contributed by atoms with Gasteiger partial charge in [0.2, 0.25) is 0 Å². The van der Waals surface area contributed by atoms with Gasteiger partial charge in [0.25, 0.3) is 0 Å². The van der Waals surface area contributed by atoms with Gasteiger partial charge in [-0.3, -0.25) is 0 Å². The summed E-state index contributed by atoms with van der Waals surface area (Å²) in [6.45, 7) is 29.8. The number of hydrogen-bond donors (Lipinski definition) is 0. The summed E-state index contributed by atoms with van der Waals surface area (Å²) in [6.07, 6.45) is 16.4. The first-order chi connectivity index (χ1) is 14.5. The van der Waals surface area contributed by atoms with Crippen LogP contribution < -0.4 is 34.0 Å². The molecule has 0 aromatic rings. The summed E-state index contributed by atoms with van der Waals surface area (Å²) in [6, 6.07) is 0. The molecule has 0 N–H and O–H groups in total. The molecule has 0 aliphatic heterocycles.